The first-order valence-electron chi connectivity index (χ1n) is 5.89. The van der Waals surface area contributed by atoms with Gasteiger partial charge in [-0.3, -0.25) is 9.89 Å². The van der Waals surface area contributed by atoms with Crippen molar-refractivity contribution >= 4 is 11.6 Å². The molecule has 1 amide bonds. The number of hydrogen-bond donors (Lipinski definition) is 3. The minimum Gasteiger partial charge on any atom is -0.330 e. The topological polar surface area (TPSA) is 83.8 Å². The molecule has 0 saturated heterocycles. The fourth-order valence-electron chi connectivity index (χ4n) is 1.69. The number of benzene rings is 1. The van der Waals surface area contributed by atoms with Gasteiger partial charge >= 0.3 is 0 Å². The maximum Gasteiger partial charge on any atom is 0.258 e. The van der Waals surface area contributed by atoms with Gasteiger partial charge in [0.25, 0.3) is 5.91 Å². The van der Waals surface area contributed by atoms with Crippen molar-refractivity contribution in [2.75, 3.05) is 11.9 Å². The average Bonchev–Trinajstić information content (AvgIpc) is 2.91. The zero-order chi connectivity index (χ0) is 12.8. The molecule has 0 fully saturated rings. The number of anilines is 1. The fraction of sp³-hybridized carbons (Fsp3) is 0.231. The number of carbonyl (C=O) groups excluding carboxylic acids is 1. The maximum absolute atomic E-state index is 11.8. The van der Waals surface area contributed by atoms with E-state index in [-0.39, 0.29) is 5.91 Å². The summed E-state index contributed by atoms with van der Waals surface area (Å²) in [5.74, 6) is -0.167. The minimum atomic E-state index is -0.167. The number of aryl methyl sites for hydroxylation is 1. The van der Waals surface area contributed by atoms with Gasteiger partial charge in [-0.05, 0) is 37.1 Å². The van der Waals surface area contributed by atoms with Crippen LogP contribution >= 0.6 is 0 Å². The zero-order valence-corrected chi connectivity index (χ0v) is 10.0. The number of nitrogens with one attached hydrogen (secondary N) is 2. The van der Waals surface area contributed by atoms with Gasteiger partial charge < -0.3 is 11.1 Å². The number of hydrogen-bond acceptors (Lipinski definition) is 3. The van der Waals surface area contributed by atoms with E-state index in [0.29, 0.717) is 12.1 Å². The van der Waals surface area contributed by atoms with Crippen LogP contribution < -0.4 is 11.1 Å². The Hall–Kier alpha value is -2.14. The first-order chi connectivity index (χ1) is 8.79. The molecule has 0 aliphatic carbocycles. The van der Waals surface area contributed by atoms with Crippen LogP contribution in [-0.2, 0) is 6.42 Å². The molecule has 2 aromatic rings. The van der Waals surface area contributed by atoms with Gasteiger partial charge in [-0.25, -0.2) is 0 Å². The van der Waals surface area contributed by atoms with E-state index in [1.54, 1.807) is 6.20 Å². The van der Waals surface area contributed by atoms with Crippen molar-refractivity contribution in [1.29, 1.82) is 0 Å². The molecule has 0 aliphatic rings. The third-order valence-corrected chi connectivity index (χ3v) is 2.61. The molecule has 5 nitrogen and oxygen atoms in total. The van der Waals surface area contributed by atoms with Crippen molar-refractivity contribution in [3.63, 3.8) is 0 Å². The summed E-state index contributed by atoms with van der Waals surface area (Å²) >= 11 is 0. The van der Waals surface area contributed by atoms with E-state index < -0.39 is 0 Å². The molecular weight excluding hydrogens is 228 g/mol. The van der Waals surface area contributed by atoms with Crippen LogP contribution in [0, 0.1) is 0 Å². The number of amides is 1. The van der Waals surface area contributed by atoms with Crippen molar-refractivity contribution in [3.8, 4) is 0 Å². The van der Waals surface area contributed by atoms with E-state index in [9.17, 15) is 4.79 Å². The number of nitrogens with zero attached hydrogens (tertiary/aromatic N) is 1. The zero-order valence-electron chi connectivity index (χ0n) is 10.0. The largest absolute Gasteiger partial charge is 0.330 e. The highest BCUT2D eigenvalue weighted by Gasteiger charge is 2.06. The Kier molecular flexibility index (Phi) is 4.09. The highest BCUT2D eigenvalue weighted by Crippen LogP contribution is 2.13. The molecule has 1 aromatic carbocycles. The van der Waals surface area contributed by atoms with Gasteiger partial charge in [-0.1, -0.05) is 12.1 Å². The smallest absolute Gasteiger partial charge is 0.258 e. The van der Waals surface area contributed by atoms with Crippen LogP contribution in [-0.4, -0.2) is 22.6 Å². The second kappa shape index (κ2) is 5.97. The van der Waals surface area contributed by atoms with Crippen molar-refractivity contribution in [2.45, 2.75) is 12.8 Å². The highest BCUT2D eigenvalue weighted by atomic mass is 16.1. The SMILES string of the molecule is NCCCc1cccc(NC(=O)c2cn[nH]c2)c1. The molecule has 0 unspecified atom stereocenters. The van der Waals surface area contributed by atoms with Crippen LogP contribution in [0.15, 0.2) is 36.7 Å². The summed E-state index contributed by atoms with van der Waals surface area (Å²) in [7, 11) is 0. The van der Waals surface area contributed by atoms with E-state index in [1.807, 2.05) is 24.3 Å². The van der Waals surface area contributed by atoms with Gasteiger partial charge in [0.15, 0.2) is 0 Å². The Balaban J connectivity index is 2.03. The molecule has 0 bridgehead atoms. The van der Waals surface area contributed by atoms with E-state index in [4.69, 9.17) is 5.73 Å². The summed E-state index contributed by atoms with van der Waals surface area (Å²) in [5, 5.41) is 9.19. The van der Waals surface area contributed by atoms with E-state index in [1.165, 1.54) is 11.8 Å². The monoisotopic (exact) mass is 244 g/mol. The number of rotatable bonds is 5. The van der Waals surface area contributed by atoms with Crippen molar-refractivity contribution < 1.29 is 4.79 Å². The van der Waals surface area contributed by atoms with Crippen LogP contribution in [0.2, 0.25) is 0 Å². The van der Waals surface area contributed by atoms with Gasteiger partial charge in [0.1, 0.15) is 0 Å². The molecule has 2 rings (SSSR count). The third-order valence-electron chi connectivity index (χ3n) is 2.61. The van der Waals surface area contributed by atoms with Crippen LogP contribution in [0.3, 0.4) is 0 Å². The predicted molar refractivity (Wildman–Crippen MR) is 70.4 cm³/mol. The lowest BCUT2D eigenvalue weighted by molar-refractivity contribution is 0.102. The first-order valence-corrected chi connectivity index (χ1v) is 5.89. The molecule has 1 aromatic heterocycles. The lowest BCUT2D eigenvalue weighted by Crippen LogP contribution is -2.11. The highest BCUT2D eigenvalue weighted by molar-refractivity contribution is 6.03. The molecular formula is C13H16N4O. The van der Waals surface area contributed by atoms with Gasteiger partial charge in [0.05, 0.1) is 11.8 Å². The number of aromatic nitrogens is 2. The van der Waals surface area contributed by atoms with Crippen molar-refractivity contribution in [2.24, 2.45) is 5.73 Å². The lowest BCUT2D eigenvalue weighted by atomic mass is 10.1. The molecule has 0 radical (unpaired) electrons. The van der Waals surface area contributed by atoms with Gasteiger partial charge in [0.2, 0.25) is 0 Å². The molecule has 0 saturated carbocycles. The quantitative estimate of drug-likeness (QED) is 0.746. The molecule has 1 heterocycles. The average molecular weight is 244 g/mol. The Bertz CT molecular complexity index is 507. The van der Waals surface area contributed by atoms with E-state index >= 15 is 0 Å². The Morgan fingerprint density at radius 2 is 2.33 bits per heavy atom. The number of aromatic amines is 1. The molecule has 0 aliphatic heterocycles. The molecule has 0 atom stereocenters. The summed E-state index contributed by atoms with van der Waals surface area (Å²) in [6, 6.07) is 7.79. The van der Waals surface area contributed by atoms with Crippen LogP contribution in [0.1, 0.15) is 22.3 Å². The molecule has 0 spiro atoms. The van der Waals surface area contributed by atoms with Crippen molar-refractivity contribution in [1.82, 2.24) is 10.2 Å². The molecule has 18 heavy (non-hydrogen) atoms. The van der Waals surface area contributed by atoms with Gasteiger partial charge in [-0.2, -0.15) is 5.10 Å². The van der Waals surface area contributed by atoms with E-state index in [2.05, 4.69) is 15.5 Å². The predicted octanol–water partition coefficient (Wildman–Crippen LogP) is 1.55. The van der Waals surface area contributed by atoms with Crippen molar-refractivity contribution in [3.05, 3.63) is 47.8 Å². The second-order valence-electron chi connectivity index (χ2n) is 4.03. The molecule has 5 heteroatoms. The second-order valence-corrected chi connectivity index (χ2v) is 4.03. The van der Waals surface area contributed by atoms with Crippen LogP contribution in [0.25, 0.3) is 0 Å². The number of nitrogens with two attached hydrogens (primary N) is 1. The minimum absolute atomic E-state index is 0.167. The fourth-order valence-corrected chi connectivity index (χ4v) is 1.69. The molecule has 4 N–H and O–H groups in total. The summed E-state index contributed by atoms with van der Waals surface area (Å²) in [6.45, 7) is 0.672. The normalized spacial score (nSPS) is 10.3. The Morgan fingerprint density at radius 3 is 3.06 bits per heavy atom. The first kappa shape index (κ1) is 12.3. The lowest BCUT2D eigenvalue weighted by Gasteiger charge is -2.06. The van der Waals surface area contributed by atoms with Crippen LogP contribution in [0.4, 0.5) is 5.69 Å². The maximum atomic E-state index is 11.8. The van der Waals surface area contributed by atoms with Gasteiger partial charge in [-0.15, -0.1) is 0 Å². The standard InChI is InChI=1S/C13H16N4O/c14-6-2-4-10-3-1-5-12(7-10)17-13(18)11-8-15-16-9-11/h1,3,5,7-9H,2,4,6,14H2,(H,15,16)(H,17,18). The number of carbonyl (C=O) groups is 1. The summed E-state index contributed by atoms with van der Waals surface area (Å²) in [6.07, 6.45) is 4.92. The Morgan fingerprint density at radius 1 is 1.44 bits per heavy atom. The third kappa shape index (κ3) is 3.18. The summed E-state index contributed by atoms with van der Waals surface area (Å²) < 4.78 is 0. The summed E-state index contributed by atoms with van der Waals surface area (Å²) in [5.41, 5.74) is 7.95. The molecule has 94 valence electrons. The van der Waals surface area contributed by atoms with E-state index in [0.717, 1.165) is 18.5 Å². The summed E-state index contributed by atoms with van der Waals surface area (Å²) in [4.78, 5) is 11.8. The number of H-pyrrole nitrogens is 1. The Labute approximate surface area is 105 Å². The van der Waals surface area contributed by atoms with Crippen LogP contribution in [0.5, 0.6) is 0 Å². The van der Waals surface area contributed by atoms with Gasteiger partial charge in [0, 0.05) is 11.9 Å².